The Kier molecular flexibility index (Phi) is 4.57. The van der Waals surface area contributed by atoms with Crippen molar-refractivity contribution in [1.82, 2.24) is 10.3 Å². The molecule has 1 aromatic heterocycles. The smallest absolute Gasteiger partial charge is 0.0962 e. The molecule has 2 nitrogen and oxygen atoms in total. The summed E-state index contributed by atoms with van der Waals surface area (Å²) in [5.74, 6) is 1.62. The third-order valence-electron chi connectivity index (χ3n) is 3.75. The number of hydrogen-bond donors (Lipinski definition) is 1. The predicted molar refractivity (Wildman–Crippen MR) is 74.6 cm³/mol. The standard InChI is InChI=1S/C14H24N2S/c1-4-12-13(9-15-3)17-14(16-12)11-7-5-6-10(2)8-11/h10-11,15H,4-9H2,1-3H3. The van der Waals surface area contributed by atoms with Gasteiger partial charge in [0.25, 0.3) is 0 Å². The zero-order valence-electron chi connectivity index (χ0n) is 11.3. The van der Waals surface area contributed by atoms with E-state index in [4.69, 9.17) is 4.98 Å². The van der Waals surface area contributed by atoms with Crippen LogP contribution in [0.15, 0.2) is 0 Å². The molecule has 0 aromatic carbocycles. The summed E-state index contributed by atoms with van der Waals surface area (Å²) in [6, 6.07) is 0. The Labute approximate surface area is 109 Å². The van der Waals surface area contributed by atoms with E-state index in [0.29, 0.717) is 0 Å². The zero-order chi connectivity index (χ0) is 12.3. The van der Waals surface area contributed by atoms with E-state index in [9.17, 15) is 0 Å². The molecular formula is C14H24N2S. The largest absolute Gasteiger partial charge is 0.315 e. The predicted octanol–water partition coefficient (Wildman–Crippen LogP) is 3.72. The number of nitrogens with one attached hydrogen (secondary N) is 1. The molecule has 2 unspecified atom stereocenters. The number of hydrogen-bond acceptors (Lipinski definition) is 3. The SMILES string of the molecule is CCc1nc(C2CCCC(C)C2)sc1CNC. The molecule has 1 saturated carbocycles. The molecule has 17 heavy (non-hydrogen) atoms. The molecule has 1 N–H and O–H groups in total. The minimum absolute atomic E-state index is 0.736. The van der Waals surface area contributed by atoms with E-state index in [2.05, 4.69) is 19.2 Å². The molecule has 1 aliphatic rings. The van der Waals surface area contributed by atoms with E-state index < -0.39 is 0 Å². The molecule has 0 spiro atoms. The van der Waals surface area contributed by atoms with E-state index in [1.54, 1.807) is 0 Å². The van der Waals surface area contributed by atoms with E-state index >= 15 is 0 Å². The lowest BCUT2D eigenvalue weighted by Crippen LogP contribution is -2.11. The third-order valence-corrected chi connectivity index (χ3v) is 5.01. The van der Waals surface area contributed by atoms with Crippen LogP contribution in [-0.2, 0) is 13.0 Å². The Morgan fingerprint density at radius 3 is 2.88 bits per heavy atom. The van der Waals surface area contributed by atoms with Gasteiger partial charge < -0.3 is 5.32 Å². The summed E-state index contributed by atoms with van der Waals surface area (Å²) in [7, 11) is 2.02. The van der Waals surface area contributed by atoms with Gasteiger partial charge in [0.15, 0.2) is 0 Å². The van der Waals surface area contributed by atoms with Gasteiger partial charge in [-0.05, 0) is 32.2 Å². The number of thiazole rings is 1. The second-order valence-corrected chi connectivity index (χ2v) is 6.39. The molecule has 0 aliphatic heterocycles. The van der Waals surface area contributed by atoms with Crippen molar-refractivity contribution in [3.8, 4) is 0 Å². The number of aromatic nitrogens is 1. The molecule has 0 amide bonds. The lowest BCUT2D eigenvalue weighted by Gasteiger charge is -2.24. The van der Waals surface area contributed by atoms with Crippen molar-refractivity contribution in [2.75, 3.05) is 7.05 Å². The normalized spacial score (nSPS) is 25.1. The zero-order valence-corrected chi connectivity index (χ0v) is 12.1. The fourth-order valence-corrected chi connectivity index (χ4v) is 4.12. The summed E-state index contributed by atoms with van der Waals surface area (Å²) < 4.78 is 0. The minimum Gasteiger partial charge on any atom is -0.315 e. The summed E-state index contributed by atoms with van der Waals surface area (Å²) in [6.45, 7) is 5.57. The van der Waals surface area contributed by atoms with Crippen LogP contribution in [0, 0.1) is 5.92 Å². The van der Waals surface area contributed by atoms with Gasteiger partial charge in [0, 0.05) is 17.3 Å². The van der Waals surface area contributed by atoms with Crippen molar-refractivity contribution >= 4 is 11.3 Å². The quantitative estimate of drug-likeness (QED) is 0.883. The van der Waals surface area contributed by atoms with Crippen molar-refractivity contribution in [3.63, 3.8) is 0 Å². The van der Waals surface area contributed by atoms with Crippen molar-refractivity contribution in [2.24, 2.45) is 5.92 Å². The summed E-state index contributed by atoms with van der Waals surface area (Å²) >= 11 is 1.94. The lowest BCUT2D eigenvalue weighted by molar-refractivity contribution is 0.343. The van der Waals surface area contributed by atoms with Crippen molar-refractivity contribution in [3.05, 3.63) is 15.6 Å². The minimum atomic E-state index is 0.736. The Bertz CT molecular complexity index is 359. The molecule has 2 rings (SSSR count). The molecule has 0 saturated heterocycles. The molecule has 0 radical (unpaired) electrons. The first-order valence-corrected chi connectivity index (χ1v) is 7.69. The van der Waals surface area contributed by atoms with Gasteiger partial charge in [-0.25, -0.2) is 4.98 Å². The van der Waals surface area contributed by atoms with E-state index in [0.717, 1.165) is 24.8 Å². The molecule has 96 valence electrons. The molecule has 1 aliphatic carbocycles. The maximum atomic E-state index is 4.88. The summed E-state index contributed by atoms with van der Waals surface area (Å²) in [5, 5.41) is 4.66. The monoisotopic (exact) mass is 252 g/mol. The van der Waals surface area contributed by atoms with Crippen LogP contribution in [0.3, 0.4) is 0 Å². The molecular weight excluding hydrogens is 228 g/mol. The average molecular weight is 252 g/mol. The van der Waals surface area contributed by atoms with Gasteiger partial charge in [-0.3, -0.25) is 0 Å². The lowest BCUT2D eigenvalue weighted by atomic mass is 9.83. The van der Waals surface area contributed by atoms with Crippen molar-refractivity contribution in [1.29, 1.82) is 0 Å². The summed E-state index contributed by atoms with van der Waals surface area (Å²) in [6.07, 6.45) is 6.55. The highest BCUT2D eigenvalue weighted by Crippen LogP contribution is 2.38. The van der Waals surface area contributed by atoms with E-state index in [1.165, 1.54) is 41.3 Å². The van der Waals surface area contributed by atoms with E-state index in [-0.39, 0.29) is 0 Å². The first kappa shape index (κ1) is 13.0. The topological polar surface area (TPSA) is 24.9 Å². The van der Waals surface area contributed by atoms with Crippen molar-refractivity contribution < 1.29 is 0 Å². The van der Waals surface area contributed by atoms with Crippen LogP contribution in [0.5, 0.6) is 0 Å². The highest BCUT2D eigenvalue weighted by Gasteiger charge is 2.24. The van der Waals surface area contributed by atoms with Crippen LogP contribution in [0.4, 0.5) is 0 Å². The van der Waals surface area contributed by atoms with Gasteiger partial charge in [-0.1, -0.05) is 26.7 Å². The van der Waals surface area contributed by atoms with Crippen LogP contribution in [-0.4, -0.2) is 12.0 Å². The number of aryl methyl sites for hydroxylation is 1. The Balaban J connectivity index is 2.14. The van der Waals surface area contributed by atoms with Gasteiger partial charge in [0.1, 0.15) is 0 Å². The second kappa shape index (κ2) is 5.96. The Hall–Kier alpha value is -0.410. The van der Waals surface area contributed by atoms with Gasteiger partial charge in [-0.2, -0.15) is 0 Å². The molecule has 1 heterocycles. The highest BCUT2D eigenvalue weighted by molar-refractivity contribution is 7.11. The highest BCUT2D eigenvalue weighted by atomic mass is 32.1. The fraction of sp³-hybridized carbons (Fsp3) is 0.786. The Morgan fingerprint density at radius 2 is 2.24 bits per heavy atom. The number of rotatable bonds is 4. The molecule has 1 aromatic rings. The van der Waals surface area contributed by atoms with Crippen LogP contribution in [0.25, 0.3) is 0 Å². The van der Waals surface area contributed by atoms with Gasteiger partial charge in [-0.15, -0.1) is 11.3 Å². The average Bonchev–Trinajstić information content (AvgIpc) is 2.73. The van der Waals surface area contributed by atoms with Crippen LogP contribution in [0.1, 0.15) is 61.0 Å². The fourth-order valence-electron chi connectivity index (χ4n) is 2.81. The third kappa shape index (κ3) is 3.08. The van der Waals surface area contributed by atoms with Crippen LogP contribution in [0.2, 0.25) is 0 Å². The maximum Gasteiger partial charge on any atom is 0.0962 e. The first-order chi connectivity index (χ1) is 8.24. The second-order valence-electron chi connectivity index (χ2n) is 5.27. The maximum absolute atomic E-state index is 4.88. The molecule has 0 bridgehead atoms. The van der Waals surface area contributed by atoms with Gasteiger partial charge in [0.2, 0.25) is 0 Å². The Morgan fingerprint density at radius 1 is 1.41 bits per heavy atom. The molecule has 1 fully saturated rings. The van der Waals surface area contributed by atoms with Gasteiger partial charge in [0.05, 0.1) is 10.7 Å². The summed E-state index contributed by atoms with van der Waals surface area (Å²) in [5.41, 5.74) is 1.32. The van der Waals surface area contributed by atoms with Crippen molar-refractivity contribution in [2.45, 2.75) is 58.4 Å². The van der Waals surface area contributed by atoms with E-state index in [1.807, 2.05) is 18.4 Å². The van der Waals surface area contributed by atoms with Gasteiger partial charge >= 0.3 is 0 Å². The van der Waals surface area contributed by atoms with Crippen LogP contribution >= 0.6 is 11.3 Å². The number of nitrogens with zero attached hydrogens (tertiary/aromatic N) is 1. The summed E-state index contributed by atoms with van der Waals surface area (Å²) in [4.78, 5) is 6.33. The molecule has 2 atom stereocenters. The van der Waals surface area contributed by atoms with Crippen LogP contribution < -0.4 is 5.32 Å². The molecule has 3 heteroatoms. The first-order valence-electron chi connectivity index (χ1n) is 6.87.